The molecule has 4 fully saturated rings. The van der Waals surface area contributed by atoms with Crippen molar-refractivity contribution in [3.8, 4) is 0 Å². The molecule has 23 heavy (non-hydrogen) atoms. The Kier molecular flexibility index (Phi) is 4.34. The van der Waals surface area contributed by atoms with Crippen LogP contribution in [-0.4, -0.2) is 0 Å². The SMILES string of the molecule is CC1CCCC2(C)C(CCC3C4CCCCCC4(C)CCC32)C1. The Balaban J connectivity index is 1.62. The molecule has 0 saturated heterocycles. The van der Waals surface area contributed by atoms with Gasteiger partial charge in [0.2, 0.25) is 0 Å². The average molecular weight is 317 g/mol. The third-order valence-electron chi connectivity index (χ3n) is 9.45. The van der Waals surface area contributed by atoms with Crippen LogP contribution < -0.4 is 0 Å². The highest BCUT2D eigenvalue weighted by molar-refractivity contribution is 5.05. The molecule has 0 spiro atoms. The van der Waals surface area contributed by atoms with E-state index in [-0.39, 0.29) is 0 Å². The minimum atomic E-state index is 0.696. The van der Waals surface area contributed by atoms with Gasteiger partial charge in [0, 0.05) is 0 Å². The number of rotatable bonds is 0. The monoisotopic (exact) mass is 316 g/mol. The molecule has 7 atom stereocenters. The molecule has 0 nitrogen and oxygen atoms in total. The number of fused-ring (bicyclic) bond motifs is 5. The Labute approximate surface area is 145 Å². The molecule has 4 aliphatic carbocycles. The van der Waals surface area contributed by atoms with Crippen LogP contribution in [0.5, 0.6) is 0 Å². The molecule has 0 bridgehead atoms. The highest BCUT2D eigenvalue weighted by atomic mass is 14.6. The van der Waals surface area contributed by atoms with E-state index in [1.54, 1.807) is 44.9 Å². The first kappa shape index (κ1) is 16.5. The zero-order valence-electron chi connectivity index (χ0n) is 16.1. The van der Waals surface area contributed by atoms with Gasteiger partial charge in [-0.25, -0.2) is 0 Å². The summed E-state index contributed by atoms with van der Waals surface area (Å²) in [6, 6.07) is 0. The van der Waals surface area contributed by atoms with Gasteiger partial charge in [-0.1, -0.05) is 52.9 Å². The molecular weight excluding hydrogens is 276 g/mol. The molecule has 132 valence electrons. The van der Waals surface area contributed by atoms with Crippen LogP contribution in [0.4, 0.5) is 0 Å². The molecule has 0 radical (unpaired) electrons. The third-order valence-corrected chi connectivity index (χ3v) is 9.45. The summed E-state index contributed by atoms with van der Waals surface area (Å²) >= 11 is 0. The van der Waals surface area contributed by atoms with E-state index in [1.807, 2.05) is 0 Å². The van der Waals surface area contributed by atoms with Crippen LogP contribution in [0, 0.1) is 40.4 Å². The van der Waals surface area contributed by atoms with Crippen molar-refractivity contribution in [3.05, 3.63) is 0 Å². The van der Waals surface area contributed by atoms with Gasteiger partial charge in [-0.3, -0.25) is 0 Å². The zero-order chi connectivity index (χ0) is 16.1. The van der Waals surface area contributed by atoms with E-state index in [0.717, 1.165) is 29.6 Å². The molecule has 0 aliphatic heterocycles. The van der Waals surface area contributed by atoms with Crippen molar-refractivity contribution in [3.63, 3.8) is 0 Å². The molecule has 0 aromatic heterocycles. The zero-order valence-corrected chi connectivity index (χ0v) is 16.1. The molecule has 4 saturated carbocycles. The van der Waals surface area contributed by atoms with Gasteiger partial charge in [-0.05, 0) is 91.8 Å². The van der Waals surface area contributed by atoms with E-state index >= 15 is 0 Å². The van der Waals surface area contributed by atoms with Crippen molar-refractivity contribution < 1.29 is 0 Å². The first-order chi connectivity index (χ1) is 11.0. The highest BCUT2D eigenvalue weighted by Gasteiger charge is 2.55. The second-order valence-corrected chi connectivity index (χ2v) is 10.7. The maximum absolute atomic E-state index is 2.74. The second-order valence-electron chi connectivity index (χ2n) is 10.7. The lowest BCUT2D eigenvalue weighted by molar-refractivity contribution is -0.103. The van der Waals surface area contributed by atoms with E-state index < -0.39 is 0 Å². The van der Waals surface area contributed by atoms with Crippen LogP contribution >= 0.6 is 0 Å². The second kappa shape index (κ2) is 6.06. The van der Waals surface area contributed by atoms with Gasteiger partial charge in [-0.2, -0.15) is 0 Å². The first-order valence-corrected chi connectivity index (χ1v) is 11.0. The molecule has 4 rings (SSSR count). The fraction of sp³-hybridized carbons (Fsp3) is 1.00. The smallest absolute Gasteiger partial charge is 0.0266 e. The van der Waals surface area contributed by atoms with Gasteiger partial charge in [0.1, 0.15) is 0 Å². The summed E-state index contributed by atoms with van der Waals surface area (Å²) in [5.41, 5.74) is 1.40. The number of hydrogen-bond acceptors (Lipinski definition) is 0. The lowest BCUT2D eigenvalue weighted by atomic mass is 9.45. The van der Waals surface area contributed by atoms with Crippen molar-refractivity contribution in [2.24, 2.45) is 40.4 Å². The largest absolute Gasteiger partial charge is 0.0625 e. The maximum Gasteiger partial charge on any atom is -0.0266 e. The van der Waals surface area contributed by atoms with Crippen LogP contribution in [0.15, 0.2) is 0 Å². The fourth-order valence-electron chi connectivity index (χ4n) is 8.08. The maximum atomic E-state index is 2.74. The molecule has 0 N–H and O–H groups in total. The topological polar surface area (TPSA) is 0 Å². The summed E-state index contributed by atoms with van der Waals surface area (Å²) in [6.07, 6.45) is 20.0. The van der Waals surface area contributed by atoms with Crippen LogP contribution in [0.25, 0.3) is 0 Å². The Morgan fingerprint density at radius 3 is 2.43 bits per heavy atom. The Bertz CT molecular complexity index is 426. The summed E-state index contributed by atoms with van der Waals surface area (Å²) in [7, 11) is 0. The molecule has 4 aliphatic rings. The van der Waals surface area contributed by atoms with Gasteiger partial charge in [-0.15, -0.1) is 0 Å². The number of hydrogen-bond donors (Lipinski definition) is 0. The normalized spacial score (nSPS) is 54.1. The summed E-state index contributed by atoms with van der Waals surface area (Å²) in [5.74, 6) is 5.27. The standard InChI is InChI=1S/C23H40/c1-17-8-7-14-23(3)18(16-17)10-11-19-20-9-5-4-6-13-22(20,2)15-12-21(19)23/h17-21H,4-16H2,1-3H3. The van der Waals surface area contributed by atoms with Crippen LogP contribution in [0.1, 0.15) is 104 Å². The Morgan fingerprint density at radius 1 is 0.696 bits per heavy atom. The summed E-state index contributed by atoms with van der Waals surface area (Å²) < 4.78 is 0. The Hall–Kier alpha value is 0. The average Bonchev–Trinajstić information content (AvgIpc) is 2.79. The quantitative estimate of drug-likeness (QED) is 0.442. The van der Waals surface area contributed by atoms with E-state index in [4.69, 9.17) is 0 Å². The predicted octanol–water partition coefficient (Wildman–Crippen LogP) is 7.23. The van der Waals surface area contributed by atoms with Crippen LogP contribution in [0.2, 0.25) is 0 Å². The van der Waals surface area contributed by atoms with Crippen molar-refractivity contribution in [1.29, 1.82) is 0 Å². The van der Waals surface area contributed by atoms with E-state index in [9.17, 15) is 0 Å². The van der Waals surface area contributed by atoms with Gasteiger partial charge in [0.05, 0.1) is 0 Å². The fourth-order valence-corrected chi connectivity index (χ4v) is 8.08. The van der Waals surface area contributed by atoms with E-state index in [2.05, 4.69) is 20.8 Å². The van der Waals surface area contributed by atoms with Crippen LogP contribution in [0.3, 0.4) is 0 Å². The summed E-state index contributed by atoms with van der Waals surface area (Å²) in [4.78, 5) is 0. The lowest BCUT2D eigenvalue weighted by Gasteiger charge is -2.59. The van der Waals surface area contributed by atoms with Crippen molar-refractivity contribution in [1.82, 2.24) is 0 Å². The van der Waals surface area contributed by atoms with Gasteiger partial charge in [0.25, 0.3) is 0 Å². The molecule has 0 aromatic rings. The molecule has 7 unspecified atom stereocenters. The van der Waals surface area contributed by atoms with E-state index in [1.165, 1.54) is 38.5 Å². The minimum absolute atomic E-state index is 0.696. The first-order valence-electron chi connectivity index (χ1n) is 11.0. The highest BCUT2D eigenvalue weighted by Crippen LogP contribution is 2.64. The summed E-state index contributed by atoms with van der Waals surface area (Å²) in [6.45, 7) is 7.95. The molecular formula is C23H40. The minimum Gasteiger partial charge on any atom is -0.0625 e. The molecule has 0 amide bonds. The van der Waals surface area contributed by atoms with Crippen molar-refractivity contribution in [2.45, 2.75) is 104 Å². The van der Waals surface area contributed by atoms with Crippen molar-refractivity contribution in [2.75, 3.05) is 0 Å². The summed E-state index contributed by atoms with van der Waals surface area (Å²) in [5, 5.41) is 0. The predicted molar refractivity (Wildman–Crippen MR) is 99.4 cm³/mol. The molecule has 0 heteroatoms. The van der Waals surface area contributed by atoms with Crippen molar-refractivity contribution >= 4 is 0 Å². The van der Waals surface area contributed by atoms with Crippen LogP contribution in [-0.2, 0) is 0 Å². The van der Waals surface area contributed by atoms with Gasteiger partial charge >= 0.3 is 0 Å². The molecule has 0 heterocycles. The third kappa shape index (κ3) is 2.71. The lowest BCUT2D eigenvalue weighted by Crippen LogP contribution is -2.51. The van der Waals surface area contributed by atoms with Gasteiger partial charge in [0.15, 0.2) is 0 Å². The van der Waals surface area contributed by atoms with Gasteiger partial charge < -0.3 is 0 Å². The Morgan fingerprint density at radius 2 is 1.57 bits per heavy atom. The van der Waals surface area contributed by atoms with E-state index in [0.29, 0.717) is 10.8 Å². The molecule has 0 aromatic carbocycles.